The number of para-hydroxylation sites is 1. The molecule has 1 atom stereocenters. The third kappa shape index (κ3) is 2.53. The molecule has 3 N–H and O–H groups in total. The van der Waals surface area contributed by atoms with Crippen molar-refractivity contribution in [3.63, 3.8) is 0 Å². The van der Waals surface area contributed by atoms with E-state index in [1.807, 2.05) is 18.2 Å². The number of benzene rings is 1. The molecule has 1 aromatic heterocycles. The van der Waals surface area contributed by atoms with E-state index in [0.29, 0.717) is 5.92 Å². The van der Waals surface area contributed by atoms with Gasteiger partial charge < -0.3 is 0 Å². The lowest BCUT2D eigenvalue weighted by molar-refractivity contribution is 0.366. The predicted octanol–water partition coefficient (Wildman–Crippen LogP) is 3.69. The van der Waals surface area contributed by atoms with E-state index in [9.17, 15) is 0 Å². The molecule has 0 spiro atoms. The zero-order chi connectivity index (χ0) is 13.2. The number of halogens is 1. The van der Waals surface area contributed by atoms with Crippen LogP contribution < -0.4 is 11.3 Å². The maximum atomic E-state index is 5.79. The van der Waals surface area contributed by atoms with Crippen molar-refractivity contribution < 1.29 is 0 Å². The highest BCUT2D eigenvalue weighted by Gasteiger charge is 2.28. The highest BCUT2D eigenvalue weighted by atomic mass is 79.9. The van der Waals surface area contributed by atoms with E-state index in [4.69, 9.17) is 10.8 Å². The highest BCUT2D eigenvalue weighted by molar-refractivity contribution is 9.10. The molecule has 1 unspecified atom stereocenters. The fourth-order valence-corrected chi connectivity index (χ4v) is 3.63. The van der Waals surface area contributed by atoms with Crippen molar-refractivity contribution in [3.05, 3.63) is 40.5 Å². The number of hydrogen-bond donors (Lipinski definition) is 2. The number of aromatic nitrogens is 1. The van der Waals surface area contributed by atoms with Crippen molar-refractivity contribution in [3.8, 4) is 0 Å². The van der Waals surface area contributed by atoms with E-state index >= 15 is 0 Å². The van der Waals surface area contributed by atoms with Crippen LogP contribution in [0.2, 0.25) is 0 Å². The lowest BCUT2D eigenvalue weighted by Gasteiger charge is -2.23. The Balaban J connectivity index is 2.04. The molecule has 0 amide bonds. The standard InChI is InChI=1S/C15H18BrN3/c16-12-9-11-7-3-4-8-13(11)18-15(12)14(19-17)10-5-1-2-6-10/h3-4,7-10,14,19H,1-2,5-6,17H2. The van der Waals surface area contributed by atoms with Crippen molar-refractivity contribution in [2.45, 2.75) is 31.7 Å². The van der Waals surface area contributed by atoms with Gasteiger partial charge in [-0.2, -0.15) is 0 Å². The number of hydrogen-bond acceptors (Lipinski definition) is 3. The van der Waals surface area contributed by atoms with E-state index in [2.05, 4.69) is 33.5 Å². The number of hydrazine groups is 1. The first-order valence-corrected chi connectivity index (χ1v) is 7.60. The lowest BCUT2D eigenvalue weighted by Crippen LogP contribution is -2.33. The molecule has 0 aliphatic heterocycles. The lowest BCUT2D eigenvalue weighted by atomic mass is 9.95. The van der Waals surface area contributed by atoms with Crippen LogP contribution in [-0.2, 0) is 0 Å². The Labute approximate surface area is 121 Å². The van der Waals surface area contributed by atoms with Gasteiger partial charge in [0, 0.05) is 9.86 Å². The summed E-state index contributed by atoms with van der Waals surface area (Å²) in [7, 11) is 0. The Morgan fingerprint density at radius 2 is 2.00 bits per heavy atom. The number of rotatable bonds is 3. The Morgan fingerprint density at radius 3 is 2.74 bits per heavy atom. The van der Waals surface area contributed by atoms with Gasteiger partial charge in [0.25, 0.3) is 0 Å². The van der Waals surface area contributed by atoms with Gasteiger partial charge in [-0.05, 0) is 46.8 Å². The van der Waals surface area contributed by atoms with Crippen LogP contribution >= 0.6 is 15.9 Å². The van der Waals surface area contributed by atoms with Crippen LogP contribution in [0.1, 0.15) is 37.4 Å². The average Bonchev–Trinajstić information content (AvgIpc) is 2.94. The van der Waals surface area contributed by atoms with Crippen LogP contribution in [-0.4, -0.2) is 4.98 Å². The molecule has 0 bridgehead atoms. The van der Waals surface area contributed by atoms with Crippen LogP contribution in [0.4, 0.5) is 0 Å². The molecule has 1 heterocycles. The molecule has 3 rings (SSSR count). The topological polar surface area (TPSA) is 50.9 Å². The van der Waals surface area contributed by atoms with Crippen LogP contribution in [0.15, 0.2) is 34.8 Å². The summed E-state index contributed by atoms with van der Waals surface area (Å²) >= 11 is 3.65. The highest BCUT2D eigenvalue weighted by Crippen LogP contribution is 2.37. The quantitative estimate of drug-likeness (QED) is 0.670. The Hall–Kier alpha value is -0.970. The molecule has 0 radical (unpaired) electrons. The summed E-state index contributed by atoms with van der Waals surface area (Å²) in [6.45, 7) is 0. The number of nitrogens with one attached hydrogen (secondary N) is 1. The van der Waals surface area contributed by atoms with Crippen molar-refractivity contribution in [2.75, 3.05) is 0 Å². The molecule has 3 nitrogen and oxygen atoms in total. The summed E-state index contributed by atoms with van der Waals surface area (Å²) < 4.78 is 1.04. The zero-order valence-electron chi connectivity index (χ0n) is 10.8. The minimum atomic E-state index is 0.140. The zero-order valence-corrected chi connectivity index (χ0v) is 12.4. The van der Waals surface area contributed by atoms with E-state index in [-0.39, 0.29) is 6.04 Å². The fourth-order valence-electron chi connectivity index (χ4n) is 3.05. The van der Waals surface area contributed by atoms with Gasteiger partial charge in [0.1, 0.15) is 0 Å². The minimum absolute atomic E-state index is 0.140. The molecule has 100 valence electrons. The number of nitrogens with zero attached hydrogens (tertiary/aromatic N) is 1. The molecular formula is C15H18BrN3. The maximum Gasteiger partial charge on any atom is 0.0738 e. The molecule has 1 aliphatic rings. The first kappa shape index (κ1) is 13.0. The molecular weight excluding hydrogens is 302 g/mol. The SMILES string of the molecule is NNC(c1nc2ccccc2cc1Br)C1CCCC1. The van der Waals surface area contributed by atoms with Gasteiger partial charge in [-0.3, -0.25) is 11.3 Å². The summed E-state index contributed by atoms with van der Waals surface area (Å²) in [5, 5.41) is 1.15. The monoisotopic (exact) mass is 319 g/mol. The summed E-state index contributed by atoms with van der Waals surface area (Å²) in [5.41, 5.74) is 5.04. The second-order valence-electron chi connectivity index (χ2n) is 5.24. The molecule has 1 aliphatic carbocycles. The Kier molecular flexibility index (Phi) is 3.82. The van der Waals surface area contributed by atoms with E-state index < -0.39 is 0 Å². The molecule has 1 fully saturated rings. The fraction of sp³-hybridized carbons (Fsp3) is 0.400. The second kappa shape index (κ2) is 5.57. The van der Waals surface area contributed by atoms with Gasteiger partial charge in [0.05, 0.1) is 17.3 Å². The number of nitrogens with two attached hydrogens (primary N) is 1. The minimum Gasteiger partial charge on any atom is -0.271 e. The summed E-state index contributed by atoms with van der Waals surface area (Å²) in [5.74, 6) is 6.38. The van der Waals surface area contributed by atoms with Crippen LogP contribution in [0.3, 0.4) is 0 Å². The normalized spacial score (nSPS) is 18.0. The van der Waals surface area contributed by atoms with Crippen molar-refractivity contribution in [1.82, 2.24) is 10.4 Å². The van der Waals surface area contributed by atoms with E-state index in [1.165, 1.54) is 25.7 Å². The van der Waals surface area contributed by atoms with Crippen molar-refractivity contribution in [2.24, 2.45) is 11.8 Å². The Morgan fingerprint density at radius 1 is 1.26 bits per heavy atom. The molecule has 4 heteroatoms. The van der Waals surface area contributed by atoms with E-state index in [1.54, 1.807) is 0 Å². The molecule has 0 saturated heterocycles. The smallest absolute Gasteiger partial charge is 0.0738 e. The summed E-state index contributed by atoms with van der Waals surface area (Å²) in [6.07, 6.45) is 5.06. The van der Waals surface area contributed by atoms with E-state index in [0.717, 1.165) is 21.1 Å². The third-order valence-corrected chi connectivity index (χ3v) is 4.69. The molecule has 1 saturated carbocycles. The average molecular weight is 320 g/mol. The number of pyridine rings is 1. The second-order valence-corrected chi connectivity index (χ2v) is 6.09. The largest absolute Gasteiger partial charge is 0.271 e. The molecule has 19 heavy (non-hydrogen) atoms. The predicted molar refractivity (Wildman–Crippen MR) is 81.5 cm³/mol. The van der Waals surface area contributed by atoms with Crippen LogP contribution in [0.5, 0.6) is 0 Å². The van der Waals surface area contributed by atoms with Gasteiger partial charge in [-0.15, -0.1) is 0 Å². The molecule has 1 aromatic carbocycles. The first-order chi connectivity index (χ1) is 9.29. The van der Waals surface area contributed by atoms with Gasteiger partial charge in [0.15, 0.2) is 0 Å². The Bertz CT molecular complexity index is 579. The van der Waals surface area contributed by atoms with Gasteiger partial charge in [-0.25, -0.2) is 4.98 Å². The number of fused-ring (bicyclic) bond motifs is 1. The van der Waals surface area contributed by atoms with Crippen LogP contribution in [0.25, 0.3) is 10.9 Å². The maximum absolute atomic E-state index is 5.79. The van der Waals surface area contributed by atoms with Gasteiger partial charge in [0.2, 0.25) is 0 Å². The first-order valence-electron chi connectivity index (χ1n) is 6.81. The molecule has 2 aromatic rings. The van der Waals surface area contributed by atoms with Crippen molar-refractivity contribution >= 4 is 26.8 Å². The van der Waals surface area contributed by atoms with Crippen molar-refractivity contribution in [1.29, 1.82) is 0 Å². The summed E-state index contributed by atoms with van der Waals surface area (Å²) in [4.78, 5) is 4.80. The van der Waals surface area contributed by atoms with Crippen LogP contribution in [0, 0.1) is 5.92 Å². The third-order valence-electron chi connectivity index (χ3n) is 4.05. The van der Waals surface area contributed by atoms with Gasteiger partial charge in [-0.1, -0.05) is 31.0 Å². The van der Waals surface area contributed by atoms with Gasteiger partial charge >= 0.3 is 0 Å². The summed E-state index contributed by atoms with van der Waals surface area (Å²) in [6, 6.07) is 10.5.